The molecule has 82 valence electrons. The second-order valence-corrected chi connectivity index (χ2v) is 4.29. The molecule has 0 amide bonds. The van der Waals surface area contributed by atoms with Gasteiger partial charge in [0.2, 0.25) is 0 Å². The average Bonchev–Trinajstić information content (AvgIpc) is 2.19. The van der Waals surface area contributed by atoms with Crippen molar-refractivity contribution in [1.29, 1.82) is 0 Å². The lowest BCUT2D eigenvalue weighted by Gasteiger charge is -2.36. The van der Waals surface area contributed by atoms with Crippen LogP contribution in [0.1, 0.15) is 26.2 Å². The molecule has 1 fully saturated rings. The van der Waals surface area contributed by atoms with Crippen LogP contribution in [-0.4, -0.2) is 42.2 Å². The lowest BCUT2D eigenvalue weighted by Crippen LogP contribution is -2.49. The SMILES string of the molecule is CCC(C(N)=S)N1CCCC(OC)C1. The van der Waals surface area contributed by atoms with E-state index in [0.29, 0.717) is 11.1 Å². The normalized spacial score (nSPS) is 26.0. The Morgan fingerprint density at radius 3 is 2.93 bits per heavy atom. The van der Waals surface area contributed by atoms with Crippen molar-refractivity contribution in [2.45, 2.75) is 38.3 Å². The van der Waals surface area contributed by atoms with Crippen LogP contribution in [0.4, 0.5) is 0 Å². The Labute approximate surface area is 91.6 Å². The second-order valence-electron chi connectivity index (χ2n) is 3.82. The van der Waals surface area contributed by atoms with Crippen LogP contribution in [0.5, 0.6) is 0 Å². The maximum atomic E-state index is 5.71. The summed E-state index contributed by atoms with van der Waals surface area (Å²) in [6.07, 6.45) is 3.68. The molecule has 2 atom stereocenters. The largest absolute Gasteiger partial charge is 0.392 e. The monoisotopic (exact) mass is 216 g/mol. The maximum Gasteiger partial charge on any atom is 0.0901 e. The molecule has 1 rings (SSSR count). The molecule has 0 bridgehead atoms. The first kappa shape index (κ1) is 11.9. The minimum atomic E-state index is 0.253. The zero-order valence-electron chi connectivity index (χ0n) is 9.03. The molecule has 0 radical (unpaired) electrons. The summed E-state index contributed by atoms with van der Waals surface area (Å²) < 4.78 is 5.37. The summed E-state index contributed by atoms with van der Waals surface area (Å²) in [5.41, 5.74) is 5.71. The van der Waals surface area contributed by atoms with Crippen molar-refractivity contribution < 1.29 is 4.74 Å². The van der Waals surface area contributed by atoms with Gasteiger partial charge in [0.25, 0.3) is 0 Å². The molecule has 4 heteroatoms. The van der Waals surface area contributed by atoms with Gasteiger partial charge < -0.3 is 10.5 Å². The third-order valence-corrected chi connectivity index (χ3v) is 3.17. The highest BCUT2D eigenvalue weighted by Crippen LogP contribution is 2.16. The molecular formula is C10H20N2OS. The molecule has 1 heterocycles. The van der Waals surface area contributed by atoms with Crippen molar-refractivity contribution in [1.82, 2.24) is 4.90 Å². The van der Waals surface area contributed by atoms with Crippen molar-refractivity contribution in [3.63, 3.8) is 0 Å². The molecule has 0 aromatic heterocycles. The van der Waals surface area contributed by atoms with Gasteiger partial charge in [-0.1, -0.05) is 19.1 Å². The molecule has 0 aromatic rings. The van der Waals surface area contributed by atoms with Crippen LogP contribution in [0.15, 0.2) is 0 Å². The highest BCUT2D eigenvalue weighted by molar-refractivity contribution is 7.80. The summed E-state index contributed by atoms with van der Waals surface area (Å²) in [7, 11) is 1.77. The number of hydrogen-bond acceptors (Lipinski definition) is 3. The van der Waals surface area contributed by atoms with E-state index in [1.165, 1.54) is 6.42 Å². The van der Waals surface area contributed by atoms with Crippen LogP contribution in [0.25, 0.3) is 0 Å². The zero-order chi connectivity index (χ0) is 10.6. The first-order valence-corrected chi connectivity index (χ1v) is 5.66. The Bertz CT molecular complexity index is 199. The zero-order valence-corrected chi connectivity index (χ0v) is 9.85. The summed E-state index contributed by atoms with van der Waals surface area (Å²) in [4.78, 5) is 2.96. The van der Waals surface area contributed by atoms with Crippen LogP contribution in [0, 0.1) is 0 Å². The first-order valence-electron chi connectivity index (χ1n) is 5.25. The first-order chi connectivity index (χ1) is 6.69. The minimum Gasteiger partial charge on any atom is -0.392 e. The smallest absolute Gasteiger partial charge is 0.0901 e. The van der Waals surface area contributed by atoms with E-state index in [1.54, 1.807) is 7.11 Å². The number of hydrogen-bond donors (Lipinski definition) is 1. The van der Waals surface area contributed by atoms with Gasteiger partial charge in [0.1, 0.15) is 0 Å². The van der Waals surface area contributed by atoms with E-state index in [9.17, 15) is 0 Å². The highest BCUT2D eigenvalue weighted by atomic mass is 32.1. The summed E-state index contributed by atoms with van der Waals surface area (Å²) >= 11 is 5.07. The molecule has 1 saturated heterocycles. The Hall–Kier alpha value is -0.190. The number of ether oxygens (including phenoxy) is 1. The number of nitrogens with two attached hydrogens (primary N) is 1. The Balaban J connectivity index is 2.53. The fourth-order valence-corrected chi connectivity index (χ4v) is 2.40. The van der Waals surface area contributed by atoms with Gasteiger partial charge in [-0.05, 0) is 25.8 Å². The van der Waals surface area contributed by atoms with E-state index in [2.05, 4.69) is 11.8 Å². The number of rotatable bonds is 4. The van der Waals surface area contributed by atoms with E-state index in [1.807, 2.05) is 0 Å². The van der Waals surface area contributed by atoms with Gasteiger partial charge in [-0.25, -0.2) is 0 Å². The summed E-state index contributed by atoms with van der Waals surface area (Å²) in [5.74, 6) is 0. The van der Waals surface area contributed by atoms with Gasteiger partial charge in [-0.15, -0.1) is 0 Å². The van der Waals surface area contributed by atoms with Crippen molar-refractivity contribution >= 4 is 17.2 Å². The lowest BCUT2D eigenvalue weighted by molar-refractivity contribution is 0.0242. The van der Waals surface area contributed by atoms with Crippen LogP contribution in [-0.2, 0) is 4.74 Å². The van der Waals surface area contributed by atoms with Gasteiger partial charge in [0.15, 0.2) is 0 Å². The topological polar surface area (TPSA) is 38.5 Å². The number of piperidine rings is 1. The minimum absolute atomic E-state index is 0.253. The average molecular weight is 216 g/mol. The molecule has 3 nitrogen and oxygen atoms in total. The molecule has 0 aromatic carbocycles. The molecule has 1 aliphatic rings. The summed E-state index contributed by atoms with van der Waals surface area (Å²) in [5, 5.41) is 0. The molecule has 1 aliphatic heterocycles. The van der Waals surface area contributed by atoms with Gasteiger partial charge in [-0.2, -0.15) is 0 Å². The van der Waals surface area contributed by atoms with Gasteiger partial charge >= 0.3 is 0 Å². The molecule has 14 heavy (non-hydrogen) atoms. The summed E-state index contributed by atoms with van der Waals surface area (Å²) in [6, 6.07) is 0.253. The van der Waals surface area contributed by atoms with Crippen molar-refractivity contribution in [2.75, 3.05) is 20.2 Å². The Morgan fingerprint density at radius 2 is 2.43 bits per heavy atom. The molecule has 0 saturated carbocycles. The van der Waals surface area contributed by atoms with Gasteiger partial charge in [0, 0.05) is 13.7 Å². The van der Waals surface area contributed by atoms with Crippen LogP contribution >= 0.6 is 12.2 Å². The Kier molecular flexibility index (Phi) is 4.78. The predicted molar refractivity (Wildman–Crippen MR) is 62.5 cm³/mol. The summed E-state index contributed by atoms with van der Waals surface area (Å²) in [6.45, 7) is 4.18. The van der Waals surface area contributed by atoms with E-state index in [-0.39, 0.29) is 6.04 Å². The van der Waals surface area contributed by atoms with Crippen LogP contribution in [0.2, 0.25) is 0 Å². The molecular weight excluding hydrogens is 196 g/mol. The van der Waals surface area contributed by atoms with Crippen LogP contribution < -0.4 is 5.73 Å². The highest BCUT2D eigenvalue weighted by Gasteiger charge is 2.25. The standard InChI is InChI=1S/C10H20N2OS/c1-3-9(10(11)14)12-6-4-5-8(7-12)13-2/h8-9H,3-7H2,1-2H3,(H2,11,14). The molecule has 2 unspecified atom stereocenters. The third-order valence-electron chi connectivity index (χ3n) is 2.90. The third kappa shape index (κ3) is 2.90. The number of likely N-dealkylation sites (tertiary alicyclic amines) is 1. The fourth-order valence-electron chi connectivity index (χ4n) is 2.08. The van der Waals surface area contributed by atoms with E-state index < -0.39 is 0 Å². The predicted octanol–water partition coefficient (Wildman–Crippen LogP) is 1.16. The molecule has 0 spiro atoms. The quantitative estimate of drug-likeness (QED) is 0.716. The maximum absolute atomic E-state index is 5.71. The van der Waals surface area contributed by atoms with E-state index in [4.69, 9.17) is 22.7 Å². The van der Waals surface area contributed by atoms with E-state index in [0.717, 1.165) is 25.9 Å². The van der Waals surface area contributed by atoms with Crippen LogP contribution in [0.3, 0.4) is 0 Å². The number of methoxy groups -OCH3 is 1. The molecule has 0 aliphatic carbocycles. The van der Waals surface area contributed by atoms with Crippen molar-refractivity contribution in [3.8, 4) is 0 Å². The fraction of sp³-hybridized carbons (Fsp3) is 0.900. The second kappa shape index (κ2) is 5.63. The number of thiocarbonyl (C=S) groups is 1. The number of nitrogens with zero attached hydrogens (tertiary/aromatic N) is 1. The lowest BCUT2D eigenvalue weighted by atomic mass is 10.0. The van der Waals surface area contributed by atoms with Crippen molar-refractivity contribution in [3.05, 3.63) is 0 Å². The van der Waals surface area contributed by atoms with Gasteiger partial charge in [0.05, 0.1) is 17.1 Å². The van der Waals surface area contributed by atoms with Crippen molar-refractivity contribution in [2.24, 2.45) is 5.73 Å². The Morgan fingerprint density at radius 1 is 1.71 bits per heavy atom. The van der Waals surface area contributed by atoms with E-state index >= 15 is 0 Å². The van der Waals surface area contributed by atoms with Gasteiger partial charge in [-0.3, -0.25) is 4.90 Å². The molecule has 2 N–H and O–H groups in total.